The zero-order valence-corrected chi connectivity index (χ0v) is 9.89. The number of amides is 1. The smallest absolute Gasteiger partial charge is 0.221 e. The first-order chi connectivity index (χ1) is 7.56. The summed E-state index contributed by atoms with van der Waals surface area (Å²) in [6, 6.07) is 4.94. The second-order valence-corrected chi connectivity index (χ2v) is 3.70. The van der Waals surface area contributed by atoms with E-state index in [1.165, 1.54) is 6.92 Å². The summed E-state index contributed by atoms with van der Waals surface area (Å²) >= 11 is 5.93. The van der Waals surface area contributed by atoms with Crippen LogP contribution in [0.25, 0.3) is 0 Å². The first kappa shape index (κ1) is 12.7. The van der Waals surface area contributed by atoms with Crippen molar-refractivity contribution in [1.29, 1.82) is 0 Å². The molecule has 0 aliphatic rings. The van der Waals surface area contributed by atoms with Gasteiger partial charge in [-0.05, 0) is 19.2 Å². The molecule has 0 radical (unpaired) electrons. The highest BCUT2D eigenvalue weighted by molar-refractivity contribution is 6.34. The Labute approximate surface area is 99.0 Å². The molecular weight excluding hydrogens is 228 g/mol. The third-order valence-corrected chi connectivity index (χ3v) is 2.27. The number of halogens is 1. The fourth-order valence-corrected chi connectivity index (χ4v) is 1.54. The van der Waals surface area contributed by atoms with Gasteiger partial charge in [0.15, 0.2) is 5.78 Å². The molecule has 0 atom stereocenters. The van der Waals surface area contributed by atoms with Crippen LogP contribution in [0.1, 0.15) is 17.3 Å². The van der Waals surface area contributed by atoms with Crippen LogP contribution in [-0.4, -0.2) is 25.3 Å². The lowest BCUT2D eigenvalue weighted by molar-refractivity contribution is -0.114. The van der Waals surface area contributed by atoms with Gasteiger partial charge in [-0.15, -0.1) is 0 Å². The number of rotatable bonds is 4. The number of Topliss-reactive ketones (excluding diaryl/α,β-unsaturated/α-hetero) is 1. The van der Waals surface area contributed by atoms with Gasteiger partial charge in [0.25, 0.3) is 0 Å². The summed E-state index contributed by atoms with van der Waals surface area (Å²) in [6.45, 7) is 1.57. The molecule has 1 amide bonds. The van der Waals surface area contributed by atoms with Gasteiger partial charge < -0.3 is 10.6 Å². The lowest BCUT2D eigenvalue weighted by Gasteiger charge is -2.10. The lowest BCUT2D eigenvalue weighted by atomic mass is 10.1. The van der Waals surface area contributed by atoms with Crippen molar-refractivity contribution in [3.63, 3.8) is 0 Å². The molecule has 5 heteroatoms. The average Bonchev–Trinajstić information content (AvgIpc) is 2.20. The number of ketones is 1. The van der Waals surface area contributed by atoms with Gasteiger partial charge in [-0.25, -0.2) is 0 Å². The van der Waals surface area contributed by atoms with E-state index in [2.05, 4.69) is 10.6 Å². The van der Waals surface area contributed by atoms with E-state index in [1.54, 1.807) is 25.2 Å². The van der Waals surface area contributed by atoms with Crippen LogP contribution in [0.15, 0.2) is 18.2 Å². The van der Waals surface area contributed by atoms with E-state index in [1.807, 2.05) is 0 Å². The third-order valence-electron chi connectivity index (χ3n) is 1.95. The largest absolute Gasteiger partial charge is 0.324 e. The summed E-state index contributed by atoms with van der Waals surface area (Å²) in [7, 11) is 1.68. The predicted molar refractivity (Wildman–Crippen MR) is 64.0 cm³/mol. The number of carbonyl (C=O) groups is 2. The van der Waals surface area contributed by atoms with Crippen LogP contribution >= 0.6 is 11.6 Å². The van der Waals surface area contributed by atoms with Crippen molar-refractivity contribution in [1.82, 2.24) is 5.32 Å². The summed E-state index contributed by atoms with van der Waals surface area (Å²) in [5, 5.41) is 5.68. The Hall–Kier alpha value is -1.39. The van der Waals surface area contributed by atoms with Crippen LogP contribution in [-0.2, 0) is 4.79 Å². The molecule has 0 unspecified atom stereocenters. The first-order valence-electron chi connectivity index (χ1n) is 4.80. The van der Waals surface area contributed by atoms with Crippen LogP contribution in [0.2, 0.25) is 5.02 Å². The minimum atomic E-state index is -0.258. The average molecular weight is 241 g/mol. The SMILES string of the molecule is CNCC(=O)c1cccc(Cl)c1NC(C)=O. The molecule has 0 saturated carbocycles. The van der Waals surface area contributed by atoms with Crippen LogP contribution in [0, 0.1) is 0 Å². The van der Waals surface area contributed by atoms with Crippen molar-refractivity contribution >= 4 is 29.0 Å². The summed E-state index contributed by atoms with van der Waals surface area (Å²) in [6.07, 6.45) is 0. The second kappa shape index (κ2) is 5.63. The van der Waals surface area contributed by atoms with Gasteiger partial charge in [0.2, 0.25) is 5.91 Å². The highest BCUT2D eigenvalue weighted by Crippen LogP contribution is 2.26. The molecule has 1 aromatic rings. The molecule has 4 nitrogen and oxygen atoms in total. The van der Waals surface area contributed by atoms with Crippen molar-refractivity contribution in [3.8, 4) is 0 Å². The van der Waals surface area contributed by atoms with Crippen LogP contribution in [0.3, 0.4) is 0 Å². The van der Waals surface area contributed by atoms with E-state index in [0.29, 0.717) is 16.3 Å². The minimum Gasteiger partial charge on any atom is -0.324 e. The molecule has 0 spiro atoms. The topological polar surface area (TPSA) is 58.2 Å². The molecule has 0 saturated heterocycles. The van der Waals surface area contributed by atoms with Gasteiger partial charge in [-0.2, -0.15) is 0 Å². The maximum absolute atomic E-state index is 11.7. The van der Waals surface area contributed by atoms with Crippen molar-refractivity contribution in [2.75, 3.05) is 18.9 Å². The van der Waals surface area contributed by atoms with Crippen molar-refractivity contribution in [2.24, 2.45) is 0 Å². The Morgan fingerprint density at radius 2 is 2.06 bits per heavy atom. The van der Waals surface area contributed by atoms with Gasteiger partial charge in [0.05, 0.1) is 17.3 Å². The number of para-hydroxylation sites is 1. The molecule has 0 aliphatic heterocycles. The first-order valence-corrected chi connectivity index (χ1v) is 5.18. The monoisotopic (exact) mass is 240 g/mol. The van der Waals surface area contributed by atoms with Crippen LogP contribution < -0.4 is 10.6 Å². The standard InChI is InChI=1S/C11H13ClN2O2/c1-7(15)14-11-8(10(16)6-13-2)4-3-5-9(11)12/h3-5,13H,6H2,1-2H3,(H,14,15). The van der Waals surface area contributed by atoms with Crippen LogP contribution in [0.5, 0.6) is 0 Å². The summed E-state index contributed by atoms with van der Waals surface area (Å²) < 4.78 is 0. The molecule has 2 N–H and O–H groups in total. The quantitative estimate of drug-likeness (QED) is 0.788. The Bertz CT molecular complexity index is 418. The Morgan fingerprint density at radius 1 is 1.38 bits per heavy atom. The highest BCUT2D eigenvalue weighted by Gasteiger charge is 2.14. The van der Waals surface area contributed by atoms with Gasteiger partial charge in [0, 0.05) is 12.5 Å². The van der Waals surface area contributed by atoms with Crippen molar-refractivity contribution in [3.05, 3.63) is 28.8 Å². The minimum absolute atomic E-state index is 0.117. The fraction of sp³-hybridized carbons (Fsp3) is 0.273. The molecule has 0 bridgehead atoms. The fourth-order valence-electron chi connectivity index (χ4n) is 1.32. The Balaban J connectivity index is 3.11. The number of hydrogen-bond donors (Lipinski definition) is 2. The lowest BCUT2D eigenvalue weighted by Crippen LogP contribution is -2.20. The summed E-state index contributed by atoms with van der Waals surface area (Å²) in [5.41, 5.74) is 0.786. The van der Waals surface area contributed by atoms with Gasteiger partial charge in [0.1, 0.15) is 0 Å². The molecular formula is C11H13ClN2O2. The molecule has 0 aliphatic carbocycles. The van der Waals surface area contributed by atoms with E-state index in [0.717, 1.165) is 0 Å². The zero-order valence-electron chi connectivity index (χ0n) is 9.13. The number of carbonyl (C=O) groups excluding carboxylic acids is 2. The summed E-state index contributed by atoms with van der Waals surface area (Å²) in [5.74, 6) is -0.375. The van der Waals surface area contributed by atoms with E-state index in [-0.39, 0.29) is 18.2 Å². The zero-order chi connectivity index (χ0) is 12.1. The molecule has 0 heterocycles. The van der Waals surface area contributed by atoms with Crippen molar-refractivity contribution in [2.45, 2.75) is 6.92 Å². The maximum atomic E-state index is 11.7. The Kier molecular flexibility index (Phi) is 4.46. The third kappa shape index (κ3) is 3.05. The number of likely N-dealkylation sites (N-methyl/N-ethyl adjacent to an activating group) is 1. The molecule has 1 rings (SSSR count). The molecule has 0 aromatic heterocycles. The number of hydrogen-bond acceptors (Lipinski definition) is 3. The normalized spacial score (nSPS) is 9.94. The number of anilines is 1. The number of benzene rings is 1. The maximum Gasteiger partial charge on any atom is 0.221 e. The van der Waals surface area contributed by atoms with Gasteiger partial charge in [-0.1, -0.05) is 17.7 Å². The molecule has 86 valence electrons. The van der Waals surface area contributed by atoms with Crippen molar-refractivity contribution < 1.29 is 9.59 Å². The molecule has 16 heavy (non-hydrogen) atoms. The number of nitrogens with one attached hydrogen (secondary N) is 2. The molecule has 0 fully saturated rings. The molecule has 1 aromatic carbocycles. The second-order valence-electron chi connectivity index (χ2n) is 3.30. The van der Waals surface area contributed by atoms with Crippen LogP contribution in [0.4, 0.5) is 5.69 Å². The predicted octanol–water partition coefficient (Wildman–Crippen LogP) is 1.70. The summed E-state index contributed by atoms with van der Waals surface area (Å²) in [4.78, 5) is 22.7. The van der Waals surface area contributed by atoms with Gasteiger partial charge in [-0.3, -0.25) is 9.59 Å². The highest BCUT2D eigenvalue weighted by atomic mass is 35.5. The van der Waals surface area contributed by atoms with E-state index in [4.69, 9.17) is 11.6 Å². The van der Waals surface area contributed by atoms with E-state index >= 15 is 0 Å². The van der Waals surface area contributed by atoms with E-state index < -0.39 is 0 Å². The van der Waals surface area contributed by atoms with E-state index in [9.17, 15) is 9.59 Å². The Morgan fingerprint density at radius 3 is 2.62 bits per heavy atom. The van der Waals surface area contributed by atoms with Gasteiger partial charge >= 0.3 is 0 Å².